The Morgan fingerprint density at radius 2 is 2.22 bits per heavy atom. The fourth-order valence-electron chi connectivity index (χ4n) is 1.53. The van der Waals surface area contributed by atoms with Gasteiger partial charge < -0.3 is 10.1 Å². The van der Waals surface area contributed by atoms with Crippen molar-refractivity contribution >= 4 is 21.7 Å². The minimum atomic E-state index is -0.390. The SMILES string of the molecule is CNc1ncccc1COc1ccc(Br)cc1F. The molecule has 0 spiro atoms. The first-order chi connectivity index (χ1) is 8.70. The molecular formula is C13H12BrFN2O. The fourth-order valence-corrected chi connectivity index (χ4v) is 1.86. The van der Waals surface area contributed by atoms with E-state index in [4.69, 9.17) is 4.74 Å². The lowest BCUT2D eigenvalue weighted by Crippen LogP contribution is -2.03. The van der Waals surface area contributed by atoms with Crippen molar-refractivity contribution in [3.8, 4) is 5.75 Å². The number of halogens is 2. The van der Waals surface area contributed by atoms with Crippen LogP contribution < -0.4 is 10.1 Å². The highest BCUT2D eigenvalue weighted by atomic mass is 79.9. The van der Waals surface area contributed by atoms with Gasteiger partial charge in [0.25, 0.3) is 0 Å². The van der Waals surface area contributed by atoms with E-state index in [9.17, 15) is 4.39 Å². The van der Waals surface area contributed by atoms with Crippen molar-refractivity contribution in [3.05, 3.63) is 52.4 Å². The number of hydrogen-bond donors (Lipinski definition) is 1. The Bertz CT molecular complexity index is 548. The molecule has 0 radical (unpaired) electrons. The maximum absolute atomic E-state index is 13.5. The van der Waals surface area contributed by atoms with Gasteiger partial charge in [-0.05, 0) is 24.3 Å². The molecular weight excluding hydrogens is 299 g/mol. The van der Waals surface area contributed by atoms with E-state index in [2.05, 4.69) is 26.2 Å². The van der Waals surface area contributed by atoms with E-state index in [1.54, 1.807) is 25.4 Å². The molecule has 0 unspecified atom stereocenters. The highest BCUT2D eigenvalue weighted by Crippen LogP contribution is 2.23. The zero-order valence-electron chi connectivity index (χ0n) is 9.78. The number of pyridine rings is 1. The quantitative estimate of drug-likeness (QED) is 0.937. The average molecular weight is 311 g/mol. The van der Waals surface area contributed by atoms with Gasteiger partial charge in [0.05, 0.1) is 0 Å². The third-order valence-corrected chi connectivity index (χ3v) is 2.90. The Morgan fingerprint density at radius 3 is 2.94 bits per heavy atom. The molecule has 0 aliphatic rings. The third kappa shape index (κ3) is 2.98. The van der Waals surface area contributed by atoms with Crippen molar-refractivity contribution in [2.24, 2.45) is 0 Å². The van der Waals surface area contributed by atoms with Gasteiger partial charge in [0, 0.05) is 23.3 Å². The maximum Gasteiger partial charge on any atom is 0.166 e. The fraction of sp³-hybridized carbons (Fsp3) is 0.154. The molecule has 0 aliphatic heterocycles. The first-order valence-corrected chi connectivity index (χ1v) is 6.19. The second-order valence-electron chi connectivity index (χ2n) is 3.62. The van der Waals surface area contributed by atoms with E-state index >= 15 is 0 Å². The zero-order valence-corrected chi connectivity index (χ0v) is 11.4. The van der Waals surface area contributed by atoms with E-state index in [1.807, 2.05) is 12.1 Å². The van der Waals surface area contributed by atoms with Crippen LogP contribution in [-0.4, -0.2) is 12.0 Å². The molecule has 0 saturated heterocycles. The van der Waals surface area contributed by atoms with Crippen molar-refractivity contribution in [2.75, 3.05) is 12.4 Å². The number of nitrogens with zero attached hydrogens (tertiary/aromatic N) is 1. The Labute approximate surface area is 113 Å². The zero-order chi connectivity index (χ0) is 13.0. The molecule has 0 aliphatic carbocycles. The van der Waals surface area contributed by atoms with Crippen molar-refractivity contribution in [3.63, 3.8) is 0 Å². The largest absolute Gasteiger partial charge is 0.486 e. The monoisotopic (exact) mass is 310 g/mol. The Balaban J connectivity index is 2.11. The molecule has 0 amide bonds. The second-order valence-corrected chi connectivity index (χ2v) is 4.54. The average Bonchev–Trinajstić information content (AvgIpc) is 2.38. The summed E-state index contributed by atoms with van der Waals surface area (Å²) in [6.45, 7) is 0.266. The van der Waals surface area contributed by atoms with Crippen LogP contribution in [0.5, 0.6) is 5.75 Å². The molecule has 0 saturated carbocycles. The Morgan fingerprint density at radius 1 is 1.39 bits per heavy atom. The van der Waals surface area contributed by atoms with Crippen LogP contribution in [0.3, 0.4) is 0 Å². The normalized spacial score (nSPS) is 10.2. The smallest absolute Gasteiger partial charge is 0.166 e. The molecule has 2 rings (SSSR count). The van der Waals surface area contributed by atoms with Crippen LogP contribution in [0.1, 0.15) is 5.56 Å². The van der Waals surface area contributed by atoms with Crippen LogP contribution in [0.4, 0.5) is 10.2 Å². The van der Waals surface area contributed by atoms with Crippen LogP contribution >= 0.6 is 15.9 Å². The van der Waals surface area contributed by atoms with Crippen LogP contribution in [-0.2, 0) is 6.61 Å². The molecule has 1 aromatic heterocycles. The van der Waals surface area contributed by atoms with Crippen LogP contribution in [0, 0.1) is 5.82 Å². The van der Waals surface area contributed by atoms with E-state index in [0.717, 1.165) is 11.4 Å². The van der Waals surface area contributed by atoms with E-state index in [1.165, 1.54) is 6.07 Å². The molecule has 0 atom stereocenters. The van der Waals surface area contributed by atoms with Crippen LogP contribution in [0.15, 0.2) is 41.0 Å². The Hall–Kier alpha value is -1.62. The summed E-state index contributed by atoms with van der Waals surface area (Å²) < 4.78 is 19.7. The summed E-state index contributed by atoms with van der Waals surface area (Å²) >= 11 is 3.20. The highest BCUT2D eigenvalue weighted by Gasteiger charge is 2.06. The molecule has 2 aromatic rings. The lowest BCUT2D eigenvalue weighted by Gasteiger charge is -2.10. The van der Waals surface area contributed by atoms with Gasteiger partial charge in [-0.15, -0.1) is 0 Å². The van der Waals surface area contributed by atoms with Crippen LogP contribution in [0.2, 0.25) is 0 Å². The first kappa shape index (κ1) is 12.8. The molecule has 1 N–H and O–H groups in total. The predicted molar refractivity (Wildman–Crippen MR) is 72.2 cm³/mol. The second kappa shape index (κ2) is 5.82. The standard InChI is InChI=1S/C13H12BrFN2O/c1-16-13-9(3-2-6-17-13)8-18-12-5-4-10(14)7-11(12)15/h2-7H,8H2,1H3,(H,16,17). The van der Waals surface area contributed by atoms with Gasteiger partial charge in [0.1, 0.15) is 12.4 Å². The number of anilines is 1. The summed E-state index contributed by atoms with van der Waals surface area (Å²) in [5.41, 5.74) is 0.877. The van der Waals surface area contributed by atoms with Crippen molar-refractivity contribution in [1.82, 2.24) is 4.98 Å². The number of aromatic nitrogens is 1. The molecule has 18 heavy (non-hydrogen) atoms. The number of rotatable bonds is 4. The topological polar surface area (TPSA) is 34.2 Å². The third-order valence-electron chi connectivity index (χ3n) is 2.41. The van der Waals surface area contributed by atoms with Gasteiger partial charge >= 0.3 is 0 Å². The summed E-state index contributed by atoms with van der Waals surface area (Å²) in [5, 5.41) is 2.96. The molecule has 0 bridgehead atoms. The lowest BCUT2D eigenvalue weighted by atomic mass is 10.2. The van der Waals surface area contributed by atoms with Crippen LogP contribution in [0.25, 0.3) is 0 Å². The van der Waals surface area contributed by atoms with E-state index < -0.39 is 0 Å². The van der Waals surface area contributed by atoms with E-state index in [-0.39, 0.29) is 18.2 Å². The maximum atomic E-state index is 13.5. The van der Waals surface area contributed by atoms with Gasteiger partial charge in [-0.3, -0.25) is 0 Å². The number of nitrogens with one attached hydrogen (secondary N) is 1. The molecule has 94 valence electrons. The van der Waals surface area contributed by atoms with Crippen molar-refractivity contribution in [2.45, 2.75) is 6.61 Å². The molecule has 3 nitrogen and oxygen atoms in total. The Kier molecular flexibility index (Phi) is 4.15. The summed E-state index contributed by atoms with van der Waals surface area (Å²) in [7, 11) is 1.78. The van der Waals surface area contributed by atoms with Gasteiger partial charge in [-0.25, -0.2) is 9.37 Å². The van der Waals surface area contributed by atoms with Crippen molar-refractivity contribution in [1.29, 1.82) is 0 Å². The van der Waals surface area contributed by atoms with Gasteiger partial charge in [0.2, 0.25) is 0 Å². The predicted octanol–water partition coefficient (Wildman–Crippen LogP) is 3.60. The molecule has 1 aromatic carbocycles. The van der Waals surface area contributed by atoms with Crippen molar-refractivity contribution < 1.29 is 9.13 Å². The molecule has 0 fully saturated rings. The summed E-state index contributed by atoms with van der Waals surface area (Å²) in [6, 6.07) is 8.40. The highest BCUT2D eigenvalue weighted by molar-refractivity contribution is 9.10. The number of hydrogen-bond acceptors (Lipinski definition) is 3. The number of ether oxygens (including phenoxy) is 1. The van der Waals surface area contributed by atoms with Gasteiger partial charge in [-0.1, -0.05) is 22.0 Å². The molecule has 1 heterocycles. The number of benzene rings is 1. The minimum Gasteiger partial charge on any atom is -0.486 e. The first-order valence-electron chi connectivity index (χ1n) is 5.40. The summed E-state index contributed by atoms with van der Waals surface area (Å²) in [4.78, 5) is 4.15. The summed E-state index contributed by atoms with van der Waals surface area (Å²) in [5.74, 6) is 0.568. The molecule has 5 heteroatoms. The summed E-state index contributed by atoms with van der Waals surface area (Å²) in [6.07, 6.45) is 1.69. The lowest BCUT2D eigenvalue weighted by molar-refractivity contribution is 0.290. The minimum absolute atomic E-state index is 0.226. The van der Waals surface area contributed by atoms with Gasteiger partial charge in [0.15, 0.2) is 11.6 Å². The van der Waals surface area contributed by atoms with Gasteiger partial charge in [-0.2, -0.15) is 0 Å². The van der Waals surface area contributed by atoms with E-state index in [0.29, 0.717) is 4.47 Å².